The lowest BCUT2D eigenvalue weighted by atomic mass is 10.1. The highest BCUT2D eigenvalue weighted by Gasteiger charge is 2.31. The Bertz CT molecular complexity index is 1100. The second kappa shape index (κ2) is 7.24. The van der Waals surface area contributed by atoms with Crippen molar-refractivity contribution in [3.63, 3.8) is 0 Å². The number of para-hydroxylation sites is 2. The molecule has 0 spiro atoms. The molecule has 144 valence electrons. The first-order valence-corrected chi connectivity index (χ1v) is 9.63. The highest BCUT2D eigenvalue weighted by molar-refractivity contribution is 5.96. The minimum absolute atomic E-state index is 0.000294. The molecule has 5 heteroatoms. The summed E-state index contributed by atoms with van der Waals surface area (Å²) in [6.45, 7) is 5.55. The van der Waals surface area contributed by atoms with Crippen LogP contribution >= 0.6 is 0 Å². The van der Waals surface area contributed by atoms with E-state index in [4.69, 9.17) is 0 Å². The van der Waals surface area contributed by atoms with E-state index in [2.05, 4.69) is 11.8 Å². The maximum atomic E-state index is 12.9. The third-order valence-corrected chi connectivity index (χ3v) is 5.70. The minimum atomic E-state index is -0.000294. The summed E-state index contributed by atoms with van der Waals surface area (Å²) < 4.78 is 1.70. The van der Waals surface area contributed by atoms with Gasteiger partial charge in [-0.25, -0.2) is 0 Å². The van der Waals surface area contributed by atoms with E-state index in [0.29, 0.717) is 19.6 Å². The molecule has 0 saturated carbocycles. The SMILES string of the molecule is Cc1ccccc1N1C[C@H](C)N(Cc2cc3ccccc3n(C)c2=O)CC1=O. The van der Waals surface area contributed by atoms with E-state index >= 15 is 0 Å². The molecule has 1 aromatic heterocycles. The Morgan fingerprint density at radius 1 is 1.04 bits per heavy atom. The average molecular weight is 375 g/mol. The molecule has 2 aromatic carbocycles. The number of fused-ring (bicyclic) bond motifs is 1. The zero-order chi connectivity index (χ0) is 19.8. The van der Waals surface area contributed by atoms with Crippen molar-refractivity contribution in [3.8, 4) is 0 Å². The predicted octanol–water partition coefficient (Wildman–Crippen LogP) is 3.08. The fraction of sp³-hybridized carbons (Fsp3) is 0.304. The molecule has 1 fully saturated rings. The molecular formula is C23H25N3O2. The Morgan fingerprint density at radius 3 is 2.54 bits per heavy atom. The molecular weight excluding hydrogens is 350 g/mol. The van der Waals surface area contributed by atoms with Crippen LogP contribution in [0.25, 0.3) is 10.9 Å². The summed E-state index contributed by atoms with van der Waals surface area (Å²) in [7, 11) is 1.80. The maximum absolute atomic E-state index is 12.9. The molecule has 5 nitrogen and oxygen atoms in total. The summed E-state index contributed by atoms with van der Waals surface area (Å²) in [5.41, 5.74) is 3.72. The zero-order valence-corrected chi connectivity index (χ0v) is 16.6. The smallest absolute Gasteiger partial charge is 0.255 e. The number of hydrogen-bond acceptors (Lipinski definition) is 3. The van der Waals surface area contributed by atoms with Gasteiger partial charge in [0.2, 0.25) is 5.91 Å². The van der Waals surface area contributed by atoms with Gasteiger partial charge in [0.1, 0.15) is 0 Å². The summed E-state index contributed by atoms with van der Waals surface area (Å²) in [5, 5.41) is 1.04. The van der Waals surface area contributed by atoms with Crippen LogP contribution < -0.4 is 10.5 Å². The van der Waals surface area contributed by atoms with E-state index in [0.717, 1.165) is 27.7 Å². The summed E-state index contributed by atoms with van der Waals surface area (Å²) in [5.74, 6) is 0.0741. The van der Waals surface area contributed by atoms with Gasteiger partial charge in [-0.05, 0) is 43.0 Å². The second-order valence-electron chi connectivity index (χ2n) is 7.64. The number of piperazine rings is 1. The molecule has 0 radical (unpaired) electrons. The van der Waals surface area contributed by atoms with Crippen molar-refractivity contribution in [2.24, 2.45) is 7.05 Å². The third kappa shape index (κ3) is 3.22. The lowest BCUT2D eigenvalue weighted by Crippen LogP contribution is -2.55. The van der Waals surface area contributed by atoms with Gasteiger partial charge in [0.25, 0.3) is 5.56 Å². The number of benzene rings is 2. The van der Waals surface area contributed by atoms with Crippen molar-refractivity contribution in [3.05, 3.63) is 76.1 Å². The monoisotopic (exact) mass is 375 g/mol. The lowest BCUT2D eigenvalue weighted by molar-refractivity contribution is -0.122. The Hall–Kier alpha value is -2.92. The van der Waals surface area contributed by atoms with Gasteiger partial charge in [-0.1, -0.05) is 36.4 Å². The highest BCUT2D eigenvalue weighted by Crippen LogP contribution is 2.24. The van der Waals surface area contributed by atoms with E-state index in [1.54, 1.807) is 11.6 Å². The predicted molar refractivity (Wildman–Crippen MR) is 113 cm³/mol. The van der Waals surface area contributed by atoms with E-state index in [-0.39, 0.29) is 17.5 Å². The third-order valence-electron chi connectivity index (χ3n) is 5.70. The van der Waals surface area contributed by atoms with Crippen LogP contribution in [0.4, 0.5) is 5.69 Å². The summed E-state index contributed by atoms with van der Waals surface area (Å²) in [6.07, 6.45) is 0. The van der Waals surface area contributed by atoms with Gasteiger partial charge in [-0.2, -0.15) is 0 Å². The second-order valence-corrected chi connectivity index (χ2v) is 7.64. The van der Waals surface area contributed by atoms with Gasteiger partial charge in [0.05, 0.1) is 12.1 Å². The van der Waals surface area contributed by atoms with Crippen LogP contribution in [0.1, 0.15) is 18.1 Å². The largest absolute Gasteiger partial charge is 0.311 e. The fourth-order valence-electron chi connectivity index (χ4n) is 4.03. The first kappa shape index (κ1) is 18.4. The number of amides is 1. The van der Waals surface area contributed by atoms with Crippen LogP contribution in [0.3, 0.4) is 0 Å². The van der Waals surface area contributed by atoms with Gasteiger partial charge in [-0.15, -0.1) is 0 Å². The number of hydrogen-bond donors (Lipinski definition) is 0. The van der Waals surface area contributed by atoms with Crippen LogP contribution in [0.5, 0.6) is 0 Å². The van der Waals surface area contributed by atoms with Crippen LogP contribution in [0, 0.1) is 6.92 Å². The topological polar surface area (TPSA) is 45.5 Å². The van der Waals surface area contributed by atoms with Crippen molar-refractivity contribution >= 4 is 22.5 Å². The van der Waals surface area contributed by atoms with Crippen molar-refractivity contribution < 1.29 is 4.79 Å². The minimum Gasteiger partial charge on any atom is -0.311 e. The normalized spacial score (nSPS) is 18.0. The first-order chi connectivity index (χ1) is 13.5. The molecule has 0 unspecified atom stereocenters. The number of carbonyl (C=O) groups is 1. The van der Waals surface area contributed by atoms with E-state index in [9.17, 15) is 9.59 Å². The molecule has 1 saturated heterocycles. The molecule has 0 N–H and O–H groups in total. The maximum Gasteiger partial charge on any atom is 0.255 e. The van der Waals surface area contributed by atoms with Crippen LogP contribution in [0.15, 0.2) is 59.4 Å². The van der Waals surface area contributed by atoms with Gasteiger partial charge in [-0.3, -0.25) is 14.5 Å². The summed E-state index contributed by atoms with van der Waals surface area (Å²) in [4.78, 5) is 29.6. The molecule has 1 aliphatic heterocycles. The van der Waals surface area contributed by atoms with Crippen molar-refractivity contribution in [1.82, 2.24) is 9.47 Å². The fourth-order valence-corrected chi connectivity index (χ4v) is 4.03. The standard InChI is InChI=1S/C23H25N3O2/c1-16-8-4-6-10-20(16)26-13-17(2)25(15-22(26)27)14-19-12-18-9-5-7-11-21(18)24(3)23(19)28/h4-12,17H,13-15H2,1-3H3/t17-/m0/s1. The molecule has 4 rings (SSSR count). The number of anilines is 1. The van der Waals surface area contributed by atoms with Crippen LogP contribution in [0.2, 0.25) is 0 Å². The first-order valence-electron chi connectivity index (χ1n) is 9.63. The molecule has 2 heterocycles. The van der Waals surface area contributed by atoms with E-state index in [1.165, 1.54) is 0 Å². The quantitative estimate of drug-likeness (QED) is 0.707. The van der Waals surface area contributed by atoms with Crippen LogP contribution in [-0.4, -0.2) is 34.5 Å². The molecule has 1 amide bonds. The molecule has 0 bridgehead atoms. The van der Waals surface area contributed by atoms with E-state index in [1.807, 2.05) is 66.4 Å². The number of carbonyl (C=O) groups excluding carboxylic acids is 1. The van der Waals surface area contributed by atoms with Crippen molar-refractivity contribution in [1.29, 1.82) is 0 Å². The number of nitrogens with zero attached hydrogens (tertiary/aromatic N) is 3. The molecule has 1 aliphatic rings. The summed E-state index contributed by atoms with van der Waals surface area (Å²) >= 11 is 0. The molecule has 3 aromatic rings. The van der Waals surface area contributed by atoms with E-state index < -0.39 is 0 Å². The number of aryl methyl sites for hydroxylation is 2. The molecule has 1 atom stereocenters. The van der Waals surface area contributed by atoms with Crippen molar-refractivity contribution in [2.45, 2.75) is 26.4 Å². The Morgan fingerprint density at radius 2 is 1.75 bits per heavy atom. The Labute approximate surface area is 164 Å². The van der Waals surface area contributed by atoms with Gasteiger partial charge in [0.15, 0.2) is 0 Å². The van der Waals surface area contributed by atoms with Crippen LogP contribution in [-0.2, 0) is 18.4 Å². The number of pyridine rings is 1. The van der Waals surface area contributed by atoms with Gasteiger partial charge >= 0.3 is 0 Å². The number of aromatic nitrogens is 1. The number of rotatable bonds is 3. The van der Waals surface area contributed by atoms with Gasteiger partial charge in [0, 0.05) is 37.4 Å². The van der Waals surface area contributed by atoms with Crippen molar-refractivity contribution in [2.75, 3.05) is 18.0 Å². The Balaban J connectivity index is 1.60. The molecule has 28 heavy (non-hydrogen) atoms. The summed E-state index contributed by atoms with van der Waals surface area (Å²) in [6, 6.07) is 18.0. The Kier molecular flexibility index (Phi) is 4.77. The highest BCUT2D eigenvalue weighted by atomic mass is 16.2. The zero-order valence-electron chi connectivity index (χ0n) is 16.6. The lowest BCUT2D eigenvalue weighted by Gasteiger charge is -2.39. The van der Waals surface area contributed by atoms with Gasteiger partial charge < -0.3 is 9.47 Å². The average Bonchev–Trinajstić information content (AvgIpc) is 2.69. The molecule has 0 aliphatic carbocycles.